The highest BCUT2D eigenvalue weighted by Gasteiger charge is 2.16. The zero-order chi connectivity index (χ0) is 25.8. The minimum absolute atomic E-state index is 0.105. The number of amides is 1. The van der Waals surface area contributed by atoms with Crippen molar-refractivity contribution in [3.63, 3.8) is 0 Å². The van der Waals surface area contributed by atoms with Gasteiger partial charge >= 0.3 is 0 Å². The lowest BCUT2D eigenvalue weighted by molar-refractivity contribution is 0.0952. The van der Waals surface area contributed by atoms with Crippen molar-refractivity contribution in [3.8, 4) is 22.9 Å². The molecule has 0 spiro atoms. The number of aromatic amines is 1. The summed E-state index contributed by atoms with van der Waals surface area (Å²) in [6.45, 7) is 2.46. The van der Waals surface area contributed by atoms with E-state index in [0.717, 1.165) is 46.4 Å². The molecule has 10 nitrogen and oxygen atoms in total. The van der Waals surface area contributed by atoms with Crippen LogP contribution in [0.25, 0.3) is 34.3 Å². The molecule has 192 valence electrons. The van der Waals surface area contributed by atoms with Gasteiger partial charge in [-0.1, -0.05) is 0 Å². The minimum Gasteiger partial charge on any atom is -0.493 e. The van der Waals surface area contributed by atoms with Gasteiger partial charge in [0.25, 0.3) is 5.91 Å². The first kappa shape index (κ1) is 24.5. The number of ether oxygens (including phenoxy) is 2. The van der Waals surface area contributed by atoms with Gasteiger partial charge in [-0.2, -0.15) is 10.2 Å². The molecule has 4 heterocycles. The first-order chi connectivity index (χ1) is 18.0. The maximum absolute atomic E-state index is 12.8. The molecule has 2 bridgehead atoms. The molecule has 37 heavy (non-hydrogen) atoms. The molecule has 4 aromatic rings. The summed E-state index contributed by atoms with van der Waals surface area (Å²) in [6.07, 6.45) is 8.94. The van der Waals surface area contributed by atoms with Crippen LogP contribution < -0.4 is 14.8 Å². The number of hydrogen-bond donors (Lipinski definition) is 2. The SMILES string of the molecule is CN(C)CCCNC(=O)c1ccc2c(c1)/C=C/c1n[nH]c3cnc(cc13)-c1cnn(C)c1OCCCO2. The number of nitrogens with one attached hydrogen (secondary N) is 2. The summed E-state index contributed by atoms with van der Waals surface area (Å²) in [5.41, 5.74) is 4.53. The van der Waals surface area contributed by atoms with Gasteiger partial charge in [0.05, 0.1) is 48.1 Å². The Morgan fingerprint density at radius 1 is 1.16 bits per heavy atom. The summed E-state index contributed by atoms with van der Waals surface area (Å²) >= 11 is 0. The van der Waals surface area contributed by atoms with Gasteiger partial charge in [-0.05, 0) is 63.5 Å². The van der Waals surface area contributed by atoms with Gasteiger partial charge in [-0.3, -0.25) is 14.9 Å². The predicted molar refractivity (Wildman–Crippen MR) is 143 cm³/mol. The minimum atomic E-state index is -0.105. The highest BCUT2D eigenvalue weighted by atomic mass is 16.5. The van der Waals surface area contributed by atoms with E-state index in [0.29, 0.717) is 43.4 Å². The van der Waals surface area contributed by atoms with Crippen LogP contribution in [0.15, 0.2) is 36.7 Å². The van der Waals surface area contributed by atoms with Crippen molar-refractivity contribution < 1.29 is 14.3 Å². The van der Waals surface area contributed by atoms with Gasteiger partial charge in [0.2, 0.25) is 5.88 Å². The van der Waals surface area contributed by atoms with Crippen LogP contribution in [0, 0.1) is 0 Å². The number of pyridine rings is 1. The van der Waals surface area contributed by atoms with E-state index in [4.69, 9.17) is 9.47 Å². The van der Waals surface area contributed by atoms with Crippen LogP contribution in [0.2, 0.25) is 0 Å². The largest absolute Gasteiger partial charge is 0.493 e. The summed E-state index contributed by atoms with van der Waals surface area (Å²) < 4.78 is 13.9. The summed E-state index contributed by atoms with van der Waals surface area (Å²) in [6, 6.07) is 7.47. The molecule has 1 amide bonds. The Hall–Kier alpha value is -4.18. The first-order valence-electron chi connectivity index (χ1n) is 12.4. The van der Waals surface area contributed by atoms with E-state index < -0.39 is 0 Å². The molecule has 0 fully saturated rings. The Kier molecular flexibility index (Phi) is 7.18. The molecular weight excluding hydrogens is 470 g/mol. The number of rotatable bonds is 5. The van der Waals surface area contributed by atoms with Gasteiger partial charge in [-0.25, -0.2) is 4.68 Å². The molecule has 0 aliphatic carbocycles. The number of aromatic nitrogens is 5. The third-order valence-corrected chi connectivity index (χ3v) is 6.18. The van der Waals surface area contributed by atoms with Crippen molar-refractivity contribution in [2.24, 2.45) is 7.05 Å². The number of benzene rings is 1. The van der Waals surface area contributed by atoms with Gasteiger partial charge in [0.15, 0.2) is 0 Å². The van der Waals surface area contributed by atoms with Crippen LogP contribution in [0.5, 0.6) is 11.6 Å². The average molecular weight is 502 g/mol. The number of carbonyl (C=O) groups is 1. The number of nitrogens with zero attached hydrogens (tertiary/aromatic N) is 5. The summed E-state index contributed by atoms with van der Waals surface area (Å²) in [4.78, 5) is 19.5. The molecule has 1 aliphatic heterocycles. The Morgan fingerprint density at radius 3 is 2.89 bits per heavy atom. The third-order valence-electron chi connectivity index (χ3n) is 6.18. The number of fused-ring (bicyclic) bond motifs is 4. The van der Waals surface area contributed by atoms with Crippen molar-refractivity contribution in [1.29, 1.82) is 0 Å². The van der Waals surface area contributed by atoms with E-state index in [9.17, 15) is 4.79 Å². The van der Waals surface area contributed by atoms with E-state index >= 15 is 0 Å². The van der Waals surface area contributed by atoms with E-state index in [2.05, 4.69) is 30.5 Å². The van der Waals surface area contributed by atoms with Crippen LogP contribution >= 0.6 is 0 Å². The van der Waals surface area contributed by atoms with Crippen molar-refractivity contribution in [2.75, 3.05) is 40.4 Å². The fraction of sp³-hybridized carbons (Fsp3) is 0.333. The number of carbonyl (C=O) groups excluding carboxylic acids is 1. The molecule has 2 N–H and O–H groups in total. The fourth-order valence-electron chi connectivity index (χ4n) is 4.21. The lowest BCUT2D eigenvalue weighted by Crippen LogP contribution is -2.27. The Bertz CT molecular complexity index is 1440. The van der Waals surface area contributed by atoms with Gasteiger partial charge in [0, 0.05) is 36.5 Å². The maximum atomic E-state index is 12.8. The summed E-state index contributed by atoms with van der Waals surface area (Å²) in [5, 5.41) is 15.8. The molecule has 0 atom stereocenters. The van der Waals surface area contributed by atoms with E-state index in [1.54, 1.807) is 23.1 Å². The molecular formula is C27H31N7O3. The number of aryl methyl sites for hydroxylation is 1. The van der Waals surface area contributed by atoms with E-state index in [1.165, 1.54) is 0 Å². The molecule has 0 unspecified atom stereocenters. The Balaban J connectivity index is 1.47. The van der Waals surface area contributed by atoms with Crippen LogP contribution in [0.1, 0.15) is 34.5 Å². The molecule has 1 aliphatic rings. The lowest BCUT2D eigenvalue weighted by Gasteiger charge is -2.13. The van der Waals surface area contributed by atoms with Crippen LogP contribution in [0.3, 0.4) is 0 Å². The predicted octanol–water partition coefficient (Wildman–Crippen LogP) is 3.37. The zero-order valence-electron chi connectivity index (χ0n) is 21.3. The topological polar surface area (TPSA) is 110 Å². The smallest absolute Gasteiger partial charge is 0.251 e. The van der Waals surface area contributed by atoms with Crippen molar-refractivity contribution in [3.05, 3.63) is 53.5 Å². The van der Waals surface area contributed by atoms with Crippen molar-refractivity contribution >= 4 is 29.0 Å². The van der Waals surface area contributed by atoms with Crippen molar-refractivity contribution in [2.45, 2.75) is 12.8 Å². The highest BCUT2D eigenvalue weighted by molar-refractivity contribution is 5.96. The summed E-state index contributed by atoms with van der Waals surface area (Å²) in [5.74, 6) is 1.24. The molecule has 3 aromatic heterocycles. The number of H-pyrrole nitrogens is 1. The Morgan fingerprint density at radius 2 is 2.03 bits per heavy atom. The lowest BCUT2D eigenvalue weighted by atomic mass is 10.1. The average Bonchev–Trinajstić information content (AvgIpc) is 3.47. The van der Waals surface area contributed by atoms with E-state index in [-0.39, 0.29) is 5.91 Å². The second kappa shape index (κ2) is 10.8. The standard InChI is InChI=1S/C27H31N7O3/c1-33(2)11-4-10-28-26(35)19-7-9-25-18(14-19)6-8-22-20-15-23(29-17-24(20)32-31-22)21-16-30-34(3)27(21)37-13-5-12-36-25/h6-9,14-17H,4-5,10-13H2,1-3H3,(H,28,35)(H,31,32)/b8-6+. The van der Waals surface area contributed by atoms with Gasteiger partial charge in [0.1, 0.15) is 5.75 Å². The van der Waals surface area contributed by atoms with Crippen LogP contribution in [-0.2, 0) is 7.05 Å². The zero-order valence-corrected chi connectivity index (χ0v) is 21.3. The van der Waals surface area contributed by atoms with Crippen LogP contribution in [0.4, 0.5) is 0 Å². The molecule has 0 saturated heterocycles. The monoisotopic (exact) mass is 501 g/mol. The van der Waals surface area contributed by atoms with Gasteiger partial charge < -0.3 is 19.7 Å². The molecule has 10 heteroatoms. The fourth-order valence-corrected chi connectivity index (χ4v) is 4.21. The third kappa shape index (κ3) is 5.49. The maximum Gasteiger partial charge on any atom is 0.251 e. The van der Waals surface area contributed by atoms with Crippen LogP contribution in [-0.4, -0.2) is 76.2 Å². The van der Waals surface area contributed by atoms with E-state index in [1.807, 2.05) is 51.5 Å². The van der Waals surface area contributed by atoms with Gasteiger partial charge in [-0.15, -0.1) is 0 Å². The quantitative estimate of drug-likeness (QED) is 0.404. The first-order valence-corrected chi connectivity index (χ1v) is 12.4. The molecule has 1 aromatic carbocycles. The Labute approximate surface area is 215 Å². The summed E-state index contributed by atoms with van der Waals surface area (Å²) in [7, 11) is 5.89. The molecule has 0 saturated carbocycles. The normalized spacial score (nSPS) is 14.3. The molecule has 5 rings (SSSR count). The number of hydrogen-bond acceptors (Lipinski definition) is 7. The second-order valence-corrected chi connectivity index (χ2v) is 9.26. The highest BCUT2D eigenvalue weighted by Crippen LogP contribution is 2.31. The second-order valence-electron chi connectivity index (χ2n) is 9.26. The van der Waals surface area contributed by atoms with Crippen molar-refractivity contribution in [1.82, 2.24) is 35.2 Å². The molecule has 0 radical (unpaired) electrons.